The summed E-state index contributed by atoms with van der Waals surface area (Å²) in [4.78, 5) is 0. The van der Waals surface area contributed by atoms with Crippen LogP contribution in [0.1, 0.15) is 45.4 Å². The predicted octanol–water partition coefficient (Wildman–Crippen LogP) is 1.95. The Morgan fingerprint density at radius 1 is 0.917 bits per heavy atom. The van der Waals surface area contributed by atoms with Gasteiger partial charge < -0.3 is 10.2 Å². The lowest BCUT2D eigenvalue weighted by atomic mass is 9.93. The van der Waals surface area contributed by atoms with Gasteiger partial charge in [0.05, 0.1) is 0 Å². The first-order valence-electron chi connectivity index (χ1n) is 5.06. The summed E-state index contributed by atoms with van der Waals surface area (Å²) >= 11 is 0. The fourth-order valence-electron chi connectivity index (χ4n) is 1.60. The van der Waals surface area contributed by atoms with Gasteiger partial charge in [0.15, 0.2) is 0 Å². The SMILES string of the molecule is CCCC(CCCO)CCCO. The van der Waals surface area contributed by atoms with Crippen LogP contribution in [0.5, 0.6) is 0 Å². The molecule has 0 spiro atoms. The van der Waals surface area contributed by atoms with Gasteiger partial charge in [0.2, 0.25) is 0 Å². The van der Waals surface area contributed by atoms with Crippen molar-refractivity contribution in [3.05, 3.63) is 0 Å². The molecule has 74 valence electrons. The molecule has 2 heteroatoms. The van der Waals surface area contributed by atoms with Gasteiger partial charge in [-0.1, -0.05) is 19.8 Å². The Kier molecular flexibility index (Phi) is 8.95. The molecule has 0 heterocycles. The van der Waals surface area contributed by atoms with E-state index in [1.165, 1.54) is 12.8 Å². The largest absolute Gasteiger partial charge is 0.396 e. The second-order valence-electron chi connectivity index (χ2n) is 3.39. The molecule has 0 aromatic rings. The third-order valence-electron chi connectivity index (χ3n) is 2.24. The lowest BCUT2D eigenvalue weighted by molar-refractivity contribution is 0.244. The topological polar surface area (TPSA) is 40.5 Å². The van der Waals surface area contributed by atoms with E-state index in [2.05, 4.69) is 6.92 Å². The standard InChI is InChI=1S/C10H22O2/c1-2-5-10(6-3-8-11)7-4-9-12/h10-12H,2-9H2,1H3. The molecule has 0 unspecified atom stereocenters. The summed E-state index contributed by atoms with van der Waals surface area (Å²) < 4.78 is 0. The zero-order valence-electron chi connectivity index (χ0n) is 8.13. The molecule has 2 nitrogen and oxygen atoms in total. The Balaban J connectivity index is 3.40. The lowest BCUT2D eigenvalue weighted by Crippen LogP contribution is -2.02. The summed E-state index contributed by atoms with van der Waals surface area (Å²) in [5, 5.41) is 17.3. The van der Waals surface area contributed by atoms with Crippen LogP contribution in [0.25, 0.3) is 0 Å². The monoisotopic (exact) mass is 174 g/mol. The average molecular weight is 174 g/mol. The summed E-state index contributed by atoms with van der Waals surface area (Å²) in [6.45, 7) is 2.80. The van der Waals surface area contributed by atoms with Gasteiger partial charge in [-0.15, -0.1) is 0 Å². The fraction of sp³-hybridized carbons (Fsp3) is 1.00. The van der Waals surface area contributed by atoms with Crippen molar-refractivity contribution in [1.82, 2.24) is 0 Å². The smallest absolute Gasteiger partial charge is 0.0431 e. The molecule has 0 radical (unpaired) electrons. The predicted molar refractivity (Wildman–Crippen MR) is 51.0 cm³/mol. The molecule has 0 fully saturated rings. The van der Waals surface area contributed by atoms with E-state index in [0.717, 1.165) is 25.7 Å². The van der Waals surface area contributed by atoms with Crippen molar-refractivity contribution in [2.45, 2.75) is 45.4 Å². The van der Waals surface area contributed by atoms with Crippen molar-refractivity contribution in [2.75, 3.05) is 13.2 Å². The van der Waals surface area contributed by atoms with Gasteiger partial charge in [-0.3, -0.25) is 0 Å². The molecule has 0 bridgehead atoms. The maximum atomic E-state index is 8.66. The van der Waals surface area contributed by atoms with Crippen LogP contribution in [0, 0.1) is 5.92 Å². The van der Waals surface area contributed by atoms with Gasteiger partial charge in [0.1, 0.15) is 0 Å². The normalized spacial score (nSPS) is 11.0. The molecule has 0 aromatic carbocycles. The third-order valence-corrected chi connectivity index (χ3v) is 2.24. The maximum Gasteiger partial charge on any atom is 0.0431 e. The van der Waals surface area contributed by atoms with E-state index in [4.69, 9.17) is 10.2 Å². The summed E-state index contributed by atoms with van der Waals surface area (Å²) in [6, 6.07) is 0. The summed E-state index contributed by atoms with van der Waals surface area (Å²) in [5.41, 5.74) is 0. The minimum Gasteiger partial charge on any atom is -0.396 e. The molecule has 0 rings (SSSR count). The highest BCUT2D eigenvalue weighted by atomic mass is 16.3. The zero-order chi connectivity index (χ0) is 9.23. The van der Waals surface area contributed by atoms with E-state index in [1.54, 1.807) is 0 Å². The van der Waals surface area contributed by atoms with Crippen molar-refractivity contribution >= 4 is 0 Å². The Bertz CT molecular complexity index is 75.9. The zero-order valence-corrected chi connectivity index (χ0v) is 8.13. The Labute approximate surface area is 75.6 Å². The van der Waals surface area contributed by atoms with E-state index in [9.17, 15) is 0 Å². The van der Waals surface area contributed by atoms with Gasteiger partial charge in [-0.2, -0.15) is 0 Å². The second-order valence-corrected chi connectivity index (χ2v) is 3.39. The van der Waals surface area contributed by atoms with E-state index in [-0.39, 0.29) is 0 Å². The summed E-state index contributed by atoms with van der Waals surface area (Å²) in [6.07, 6.45) is 6.50. The van der Waals surface area contributed by atoms with Gasteiger partial charge in [0, 0.05) is 13.2 Å². The van der Waals surface area contributed by atoms with E-state index in [0.29, 0.717) is 19.1 Å². The summed E-state index contributed by atoms with van der Waals surface area (Å²) in [5.74, 6) is 0.717. The van der Waals surface area contributed by atoms with Crippen LogP contribution < -0.4 is 0 Å². The molecule has 0 amide bonds. The highest BCUT2D eigenvalue weighted by molar-refractivity contribution is 4.58. The molecule has 0 saturated heterocycles. The number of aliphatic hydroxyl groups excluding tert-OH is 2. The molecular formula is C10H22O2. The van der Waals surface area contributed by atoms with Crippen molar-refractivity contribution in [3.8, 4) is 0 Å². The van der Waals surface area contributed by atoms with E-state index < -0.39 is 0 Å². The molecule has 12 heavy (non-hydrogen) atoms. The molecule has 0 aliphatic carbocycles. The number of hydrogen-bond donors (Lipinski definition) is 2. The molecule has 0 saturated carbocycles. The molecule has 0 aromatic heterocycles. The number of hydrogen-bond acceptors (Lipinski definition) is 2. The van der Waals surface area contributed by atoms with Crippen LogP contribution in [0.2, 0.25) is 0 Å². The molecule has 0 aliphatic heterocycles. The quantitative estimate of drug-likeness (QED) is 0.590. The van der Waals surface area contributed by atoms with Crippen molar-refractivity contribution in [3.63, 3.8) is 0 Å². The molecular weight excluding hydrogens is 152 g/mol. The average Bonchev–Trinajstić information content (AvgIpc) is 2.10. The fourth-order valence-corrected chi connectivity index (χ4v) is 1.60. The van der Waals surface area contributed by atoms with Crippen LogP contribution in [0.15, 0.2) is 0 Å². The first-order valence-corrected chi connectivity index (χ1v) is 5.06. The molecule has 0 aliphatic rings. The highest BCUT2D eigenvalue weighted by Crippen LogP contribution is 2.18. The van der Waals surface area contributed by atoms with Crippen molar-refractivity contribution in [1.29, 1.82) is 0 Å². The first-order chi connectivity index (χ1) is 5.85. The molecule has 0 atom stereocenters. The lowest BCUT2D eigenvalue weighted by Gasteiger charge is -2.14. The van der Waals surface area contributed by atoms with Gasteiger partial charge >= 0.3 is 0 Å². The second kappa shape index (κ2) is 9.01. The number of rotatable bonds is 8. The van der Waals surface area contributed by atoms with E-state index >= 15 is 0 Å². The van der Waals surface area contributed by atoms with Crippen LogP contribution in [-0.4, -0.2) is 23.4 Å². The van der Waals surface area contributed by atoms with Crippen LogP contribution in [-0.2, 0) is 0 Å². The van der Waals surface area contributed by atoms with Crippen molar-refractivity contribution < 1.29 is 10.2 Å². The van der Waals surface area contributed by atoms with Crippen LogP contribution >= 0.6 is 0 Å². The number of aliphatic hydroxyl groups is 2. The Morgan fingerprint density at radius 3 is 1.75 bits per heavy atom. The van der Waals surface area contributed by atoms with Crippen LogP contribution in [0.4, 0.5) is 0 Å². The van der Waals surface area contributed by atoms with Crippen molar-refractivity contribution in [2.24, 2.45) is 5.92 Å². The van der Waals surface area contributed by atoms with Gasteiger partial charge in [-0.05, 0) is 31.6 Å². The minimum absolute atomic E-state index is 0.305. The van der Waals surface area contributed by atoms with Gasteiger partial charge in [-0.25, -0.2) is 0 Å². The summed E-state index contributed by atoms with van der Waals surface area (Å²) in [7, 11) is 0. The minimum atomic E-state index is 0.305. The Morgan fingerprint density at radius 2 is 1.42 bits per heavy atom. The van der Waals surface area contributed by atoms with E-state index in [1.807, 2.05) is 0 Å². The molecule has 2 N–H and O–H groups in total. The highest BCUT2D eigenvalue weighted by Gasteiger charge is 2.06. The Hall–Kier alpha value is -0.0800. The van der Waals surface area contributed by atoms with Gasteiger partial charge in [0.25, 0.3) is 0 Å². The third kappa shape index (κ3) is 6.62. The maximum absolute atomic E-state index is 8.66. The first kappa shape index (κ1) is 11.9. The van der Waals surface area contributed by atoms with Crippen LogP contribution in [0.3, 0.4) is 0 Å².